The van der Waals surface area contributed by atoms with E-state index in [-0.39, 0.29) is 18.2 Å². The number of nitrogens with one attached hydrogen (secondary N) is 1. The van der Waals surface area contributed by atoms with Gasteiger partial charge in [0, 0.05) is 31.1 Å². The summed E-state index contributed by atoms with van der Waals surface area (Å²) in [4.78, 5) is 25.9. The second-order valence-corrected chi connectivity index (χ2v) is 7.94. The van der Waals surface area contributed by atoms with Gasteiger partial charge in [-0.15, -0.1) is 5.92 Å². The van der Waals surface area contributed by atoms with Gasteiger partial charge in [-0.05, 0) is 31.9 Å². The number of rotatable bonds is 4. The van der Waals surface area contributed by atoms with Gasteiger partial charge >= 0.3 is 6.18 Å². The lowest BCUT2D eigenvalue weighted by molar-refractivity contribution is -0.138. The number of carbonyl (C=O) groups is 1. The Morgan fingerprint density at radius 3 is 2.55 bits per heavy atom. The smallest absolute Gasteiger partial charge is 0.352 e. The van der Waals surface area contributed by atoms with E-state index in [1.807, 2.05) is 0 Å². The van der Waals surface area contributed by atoms with Crippen LogP contribution in [0.3, 0.4) is 0 Å². The SMILES string of the molecule is CC#Cc1ccc(C)nc1C(=O)N1CC(F)(F)C[C@@H](C)C1CNc1ncc(C(F)(F)F)cn1. The van der Waals surface area contributed by atoms with E-state index in [2.05, 4.69) is 32.1 Å². The van der Waals surface area contributed by atoms with Crippen molar-refractivity contribution in [2.45, 2.75) is 45.3 Å². The lowest BCUT2D eigenvalue weighted by atomic mass is 9.88. The van der Waals surface area contributed by atoms with Crippen molar-refractivity contribution in [1.82, 2.24) is 19.9 Å². The van der Waals surface area contributed by atoms with Crippen LogP contribution in [0.15, 0.2) is 24.5 Å². The number of hydrogen-bond donors (Lipinski definition) is 1. The predicted octanol–water partition coefficient (Wildman–Crippen LogP) is 4.17. The molecule has 1 amide bonds. The van der Waals surface area contributed by atoms with Crippen molar-refractivity contribution in [3.05, 3.63) is 47.0 Å². The summed E-state index contributed by atoms with van der Waals surface area (Å²) in [6, 6.07) is 2.58. The highest BCUT2D eigenvalue weighted by Gasteiger charge is 2.46. The van der Waals surface area contributed by atoms with Gasteiger partial charge in [0.15, 0.2) is 0 Å². The van der Waals surface area contributed by atoms with Crippen molar-refractivity contribution < 1.29 is 26.7 Å². The normalized spacial score (nSPS) is 20.1. The molecule has 0 saturated carbocycles. The molecule has 11 heteroatoms. The van der Waals surface area contributed by atoms with Crippen LogP contribution in [0.25, 0.3) is 0 Å². The van der Waals surface area contributed by atoms with E-state index in [9.17, 15) is 26.7 Å². The van der Waals surface area contributed by atoms with E-state index >= 15 is 0 Å². The summed E-state index contributed by atoms with van der Waals surface area (Å²) < 4.78 is 66.9. The number of halogens is 5. The largest absolute Gasteiger partial charge is 0.419 e. The Morgan fingerprint density at radius 2 is 1.94 bits per heavy atom. The van der Waals surface area contributed by atoms with Crippen LogP contribution in [-0.2, 0) is 6.18 Å². The summed E-state index contributed by atoms with van der Waals surface area (Å²) >= 11 is 0. The maximum atomic E-state index is 14.4. The van der Waals surface area contributed by atoms with Crippen molar-refractivity contribution in [1.29, 1.82) is 0 Å². The summed E-state index contributed by atoms with van der Waals surface area (Å²) in [5.41, 5.74) is -0.173. The zero-order chi connectivity index (χ0) is 24.4. The molecule has 1 N–H and O–H groups in total. The molecule has 0 bridgehead atoms. The summed E-state index contributed by atoms with van der Waals surface area (Å²) in [6.45, 7) is 4.00. The number of pyridine rings is 1. The average molecular weight is 467 g/mol. The lowest BCUT2D eigenvalue weighted by Gasteiger charge is -2.43. The van der Waals surface area contributed by atoms with Gasteiger partial charge in [0.2, 0.25) is 5.95 Å². The number of aromatic nitrogens is 3. The molecule has 1 aliphatic rings. The van der Waals surface area contributed by atoms with Gasteiger partial charge in [-0.25, -0.2) is 23.7 Å². The monoisotopic (exact) mass is 467 g/mol. The van der Waals surface area contributed by atoms with Crippen LogP contribution in [0, 0.1) is 24.7 Å². The minimum absolute atomic E-state index is 0.0231. The van der Waals surface area contributed by atoms with Crippen molar-refractivity contribution in [2.24, 2.45) is 5.92 Å². The molecule has 2 aromatic rings. The fourth-order valence-corrected chi connectivity index (χ4v) is 3.73. The summed E-state index contributed by atoms with van der Waals surface area (Å²) in [5, 5.41) is 2.76. The molecule has 33 heavy (non-hydrogen) atoms. The fraction of sp³-hybridized carbons (Fsp3) is 0.455. The Bertz CT molecular complexity index is 1080. The van der Waals surface area contributed by atoms with Gasteiger partial charge in [-0.2, -0.15) is 13.2 Å². The van der Waals surface area contributed by atoms with Crippen LogP contribution in [0.5, 0.6) is 0 Å². The van der Waals surface area contributed by atoms with Gasteiger partial charge in [0.05, 0.1) is 23.7 Å². The average Bonchev–Trinajstić information content (AvgIpc) is 2.72. The molecule has 0 aromatic carbocycles. The first-order valence-electron chi connectivity index (χ1n) is 10.1. The molecular weight excluding hydrogens is 445 g/mol. The first kappa shape index (κ1) is 24.4. The minimum Gasteiger partial charge on any atom is -0.352 e. The fourth-order valence-electron chi connectivity index (χ4n) is 3.73. The van der Waals surface area contributed by atoms with Crippen LogP contribution >= 0.6 is 0 Å². The van der Waals surface area contributed by atoms with Gasteiger partial charge < -0.3 is 10.2 Å². The summed E-state index contributed by atoms with van der Waals surface area (Å²) in [5.74, 6) is 0.934. The first-order chi connectivity index (χ1) is 15.4. The summed E-state index contributed by atoms with van der Waals surface area (Å²) in [6.07, 6.45) is -3.77. The molecule has 1 unspecified atom stereocenters. The minimum atomic E-state index is -4.58. The number of likely N-dealkylation sites (tertiary alicyclic amines) is 1. The van der Waals surface area contributed by atoms with Crippen molar-refractivity contribution in [3.63, 3.8) is 0 Å². The van der Waals surface area contributed by atoms with Gasteiger partial charge in [0.1, 0.15) is 5.69 Å². The molecule has 1 saturated heterocycles. The van der Waals surface area contributed by atoms with E-state index in [0.717, 1.165) is 4.90 Å². The van der Waals surface area contributed by atoms with Crippen LogP contribution in [-0.4, -0.2) is 50.8 Å². The topological polar surface area (TPSA) is 71.0 Å². The number of aryl methyl sites for hydroxylation is 1. The molecule has 1 aliphatic heterocycles. The third kappa shape index (κ3) is 5.74. The van der Waals surface area contributed by atoms with E-state index in [4.69, 9.17) is 0 Å². The molecule has 0 radical (unpaired) electrons. The highest BCUT2D eigenvalue weighted by atomic mass is 19.4. The Labute approximate surface area is 187 Å². The van der Waals surface area contributed by atoms with Crippen LogP contribution in [0.2, 0.25) is 0 Å². The van der Waals surface area contributed by atoms with E-state index in [0.29, 0.717) is 23.7 Å². The molecular formula is C22H22F5N5O. The quantitative estimate of drug-likeness (QED) is 0.540. The molecule has 0 aliphatic carbocycles. The molecule has 3 rings (SSSR count). The Kier molecular flexibility index (Phi) is 6.86. The number of anilines is 1. The number of nitrogens with zero attached hydrogens (tertiary/aromatic N) is 4. The van der Waals surface area contributed by atoms with Gasteiger partial charge in [-0.3, -0.25) is 4.79 Å². The first-order valence-corrected chi connectivity index (χ1v) is 10.1. The number of amides is 1. The van der Waals surface area contributed by atoms with E-state index in [1.54, 1.807) is 32.9 Å². The molecule has 0 spiro atoms. The zero-order valence-corrected chi connectivity index (χ0v) is 18.2. The molecule has 176 valence electrons. The molecule has 2 atom stereocenters. The maximum Gasteiger partial charge on any atom is 0.419 e. The van der Waals surface area contributed by atoms with Crippen LogP contribution in [0.4, 0.5) is 27.9 Å². The Hall–Kier alpha value is -3.29. The second-order valence-electron chi connectivity index (χ2n) is 7.94. The molecule has 1 fully saturated rings. The number of alkyl halides is 5. The number of piperidine rings is 1. The number of carbonyl (C=O) groups excluding carboxylic acids is 1. The lowest BCUT2D eigenvalue weighted by Crippen LogP contribution is -2.57. The molecule has 2 aromatic heterocycles. The third-order valence-electron chi connectivity index (χ3n) is 5.29. The Morgan fingerprint density at radius 1 is 1.27 bits per heavy atom. The standard InChI is InChI=1S/C22H22F5N5O/c1-4-5-15-7-6-14(3)31-18(15)19(33)32-12-21(23,24)8-13(2)17(32)11-30-20-28-9-16(10-29-20)22(25,26)27/h6-7,9-10,13,17H,8,11-12H2,1-3H3,(H,28,29,30)/t13-,17?/m1/s1. The predicted molar refractivity (Wildman–Crippen MR) is 111 cm³/mol. The highest BCUT2D eigenvalue weighted by Crippen LogP contribution is 2.35. The Balaban J connectivity index is 1.87. The van der Waals surface area contributed by atoms with Gasteiger partial charge in [0.25, 0.3) is 11.8 Å². The molecule has 6 nitrogen and oxygen atoms in total. The zero-order valence-electron chi connectivity index (χ0n) is 18.2. The van der Waals surface area contributed by atoms with Crippen LogP contribution in [0.1, 0.15) is 47.6 Å². The van der Waals surface area contributed by atoms with Crippen molar-refractivity contribution >= 4 is 11.9 Å². The van der Waals surface area contributed by atoms with E-state index in [1.165, 1.54) is 0 Å². The highest BCUT2D eigenvalue weighted by molar-refractivity contribution is 5.95. The maximum absolute atomic E-state index is 14.4. The van der Waals surface area contributed by atoms with Gasteiger partial charge in [-0.1, -0.05) is 12.8 Å². The third-order valence-corrected chi connectivity index (χ3v) is 5.29. The van der Waals surface area contributed by atoms with Crippen molar-refractivity contribution in [3.8, 4) is 11.8 Å². The second kappa shape index (κ2) is 9.29. The van der Waals surface area contributed by atoms with Crippen molar-refractivity contribution in [2.75, 3.05) is 18.4 Å². The molecule has 3 heterocycles. The number of hydrogen-bond acceptors (Lipinski definition) is 5. The van der Waals surface area contributed by atoms with E-state index < -0.39 is 48.5 Å². The summed E-state index contributed by atoms with van der Waals surface area (Å²) in [7, 11) is 0. The van der Waals surface area contributed by atoms with Crippen LogP contribution < -0.4 is 5.32 Å².